The first-order valence-corrected chi connectivity index (χ1v) is 7.80. The Morgan fingerprint density at radius 1 is 1.18 bits per heavy atom. The summed E-state index contributed by atoms with van der Waals surface area (Å²) in [6, 6.07) is 8.46. The fourth-order valence-corrected chi connectivity index (χ4v) is 2.07. The molecule has 0 unspecified atom stereocenters. The third-order valence-electron chi connectivity index (χ3n) is 3.32. The van der Waals surface area contributed by atoms with Crippen molar-refractivity contribution in [1.29, 1.82) is 0 Å². The molecule has 2 N–H and O–H groups in total. The number of hydrogen-bond acceptors (Lipinski definition) is 2. The highest BCUT2D eigenvalue weighted by molar-refractivity contribution is 5.81. The van der Waals surface area contributed by atoms with Crippen molar-refractivity contribution in [3.8, 4) is 0 Å². The number of benzene rings is 1. The second kappa shape index (κ2) is 9.82. The first-order valence-electron chi connectivity index (χ1n) is 7.80. The predicted octanol–water partition coefficient (Wildman–Crippen LogP) is 1.92. The summed E-state index contributed by atoms with van der Waals surface area (Å²) in [6.45, 7) is 6.22. The summed E-state index contributed by atoms with van der Waals surface area (Å²) >= 11 is 0. The van der Waals surface area contributed by atoms with Crippen LogP contribution in [0.3, 0.4) is 0 Å². The fraction of sp³-hybridized carbons (Fsp3) is 0.529. The third-order valence-corrected chi connectivity index (χ3v) is 3.32. The van der Waals surface area contributed by atoms with Gasteiger partial charge in [-0.2, -0.15) is 0 Å². The van der Waals surface area contributed by atoms with E-state index in [1.807, 2.05) is 14.0 Å². The maximum atomic E-state index is 11.6. The molecule has 0 aromatic heterocycles. The van der Waals surface area contributed by atoms with Crippen LogP contribution in [0.2, 0.25) is 0 Å². The van der Waals surface area contributed by atoms with Crippen LogP contribution in [0.25, 0.3) is 0 Å². The highest BCUT2D eigenvalue weighted by atomic mass is 16.1. The number of amides is 1. The highest BCUT2D eigenvalue weighted by Crippen LogP contribution is 2.05. The zero-order valence-corrected chi connectivity index (χ0v) is 14.1. The number of hydrogen-bond donors (Lipinski definition) is 2. The predicted molar refractivity (Wildman–Crippen MR) is 91.9 cm³/mol. The zero-order valence-electron chi connectivity index (χ0n) is 14.1. The molecular weight excluding hydrogens is 276 g/mol. The van der Waals surface area contributed by atoms with Gasteiger partial charge in [0.1, 0.15) is 0 Å². The van der Waals surface area contributed by atoms with E-state index in [1.54, 1.807) is 7.05 Å². The molecule has 5 nitrogen and oxygen atoms in total. The molecular formula is C17H28N4O. The SMILES string of the molecule is CCCNC(=O)CCNC(=NC)N(C)Cc1ccc(C)cc1. The summed E-state index contributed by atoms with van der Waals surface area (Å²) in [6.07, 6.45) is 1.41. The summed E-state index contributed by atoms with van der Waals surface area (Å²) < 4.78 is 0. The molecule has 0 atom stereocenters. The molecule has 0 spiro atoms. The molecule has 0 fully saturated rings. The summed E-state index contributed by atoms with van der Waals surface area (Å²) in [7, 11) is 3.75. The lowest BCUT2D eigenvalue weighted by atomic mass is 10.1. The van der Waals surface area contributed by atoms with E-state index in [2.05, 4.69) is 51.7 Å². The van der Waals surface area contributed by atoms with Gasteiger partial charge in [-0.05, 0) is 18.9 Å². The standard InChI is InChI=1S/C17H28N4O/c1-5-11-19-16(22)10-12-20-17(18-3)21(4)13-15-8-6-14(2)7-9-15/h6-9H,5,10-13H2,1-4H3,(H,18,20)(H,19,22). The number of carbonyl (C=O) groups is 1. The molecule has 0 saturated carbocycles. The fourth-order valence-electron chi connectivity index (χ4n) is 2.07. The Kier molecular flexibility index (Phi) is 8.04. The van der Waals surface area contributed by atoms with E-state index in [0.717, 1.165) is 25.5 Å². The van der Waals surface area contributed by atoms with E-state index >= 15 is 0 Å². The number of nitrogens with zero attached hydrogens (tertiary/aromatic N) is 2. The average molecular weight is 304 g/mol. The molecule has 1 aromatic carbocycles. The van der Waals surface area contributed by atoms with E-state index < -0.39 is 0 Å². The second-order valence-electron chi connectivity index (χ2n) is 5.42. The molecule has 1 amide bonds. The lowest BCUT2D eigenvalue weighted by Crippen LogP contribution is -2.40. The van der Waals surface area contributed by atoms with Crippen molar-refractivity contribution in [2.75, 3.05) is 27.2 Å². The zero-order chi connectivity index (χ0) is 16.4. The molecule has 5 heteroatoms. The van der Waals surface area contributed by atoms with Crippen molar-refractivity contribution in [3.63, 3.8) is 0 Å². The molecule has 122 valence electrons. The molecule has 0 bridgehead atoms. The molecule has 0 heterocycles. The number of nitrogens with one attached hydrogen (secondary N) is 2. The maximum absolute atomic E-state index is 11.6. The van der Waals surface area contributed by atoms with Gasteiger partial charge in [-0.1, -0.05) is 36.8 Å². The van der Waals surface area contributed by atoms with Gasteiger partial charge in [0.2, 0.25) is 5.91 Å². The van der Waals surface area contributed by atoms with Crippen LogP contribution in [0.15, 0.2) is 29.3 Å². The van der Waals surface area contributed by atoms with Gasteiger partial charge >= 0.3 is 0 Å². The number of aliphatic imine (C=N–C) groups is 1. The van der Waals surface area contributed by atoms with Crippen molar-refractivity contribution in [2.45, 2.75) is 33.2 Å². The Balaban J connectivity index is 2.40. The number of guanidine groups is 1. The maximum Gasteiger partial charge on any atom is 0.221 e. The van der Waals surface area contributed by atoms with Gasteiger partial charge < -0.3 is 15.5 Å². The third kappa shape index (κ3) is 6.61. The first kappa shape index (κ1) is 18.0. The van der Waals surface area contributed by atoms with Gasteiger partial charge in [-0.25, -0.2) is 0 Å². The minimum absolute atomic E-state index is 0.0750. The molecule has 0 aliphatic carbocycles. The van der Waals surface area contributed by atoms with Crippen LogP contribution in [0.1, 0.15) is 30.9 Å². The van der Waals surface area contributed by atoms with Gasteiger partial charge in [-0.15, -0.1) is 0 Å². The topological polar surface area (TPSA) is 56.7 Å². The van der Waals surface area contributed by atoms with Crippen LogP contribution in [0.4, 0.5) is 0 Å². The quantitative estimate of drug-likeness (QED) is 0.598. The molecule has 0 radical (unpaired) electrons. The molecule has 0 aliphatic heterocycles. The normalized spacial score (nSPS) is 11.2. The summed E-state index contributed by atoms with van der Waals surface area (Å²) in [5.41, 5.74) is 2.49. The van der Waals surface area contributed by atoms with Gasteiger partial charge in [0.15, 0.2) is 5.96 Å². The molecule has 1 rings (SSSR count). The van der Waals surface area contributed by atoms with E-state index in [0.29, 0.717) is 13.0 Å². The van der Waals surface area contributed by atoms with Crippen LogP contribution in [0.5, 0.6) is 0 Å². The Bertz CT molecular complexity index is 482. The van der Waals surface area contributed by atoms with E-state index in [-0.39, 0.29) is 5.91 Å². The molecule has 1 aromatic rings. The highest BCUT2D eigenvalue weighted by Gasteiger charge is 2.07. The Hall–Kier alpha value is -2.04. The first-order chi connectivity index (χ1) is 10.6. The van der Waals surface area contributed by atoms with Crippen molar-refractivity contribution in [1.82, 2.24) is 15.5 Å². The Morgan fingerprint density at radius 3 is 2.45 bits per heavy atom. The van der Waals surface area contributed by atoms with E-state index in [9.17, 15) is 4.79 Å². The minimum Gasteiger partial charge on any atom is -0.356 e. The van der Waals surface area contributed by atoms with Gasteiger partial charge in [-0.3, -0.25) is 9.79 Å². The van der Waals surface area contributed by atoms with Gasteiger partial charge in [0, 0.05) is 40.2 Å². The Morgan fingerprint density at radius 2 is 1.86 bits per heavy atom. The van der Waals surface area contributed by atoms with Crippen LogP contribution < -0.4 is 10.6 Å². The summed E-state index contributed by atoms with van der Waals surface area (Å²) in [5.74, 6) is 0.870. The van der Waals surface area contributed by atoms with Crippen molar-refractivity contribution >= 4 is 11.9 Å². The average Bonchev–Trinajstić information content (AvgIpc) is 2.51. The van der Waals surface area contributed by atoms with Gasteiger partial charge in [0.25, 0.3) is 0 Å². The summed E-state index contributed by atoms with van der Waals surface area (Å²) in [5, 5.41) is 6.09. The monoisotopic (exact) mass is 304 g/mol. The van der Waals surface area contributed by atoms with E-state index in [4.69, 9.17) is 0 Å². The molecule has 0 saturated heterocycles. The number of aryl methyl sites for hydroxylation is 1. The minimum atomic E-state index is 0.0750. The van der Waals surface area contributed by atoms with Crippen LogP contribution >= 0.6 is 0 Å². The number of rotatable bonds is 7. The van der Waals surface area contributed by atoms with Crippen molar-refractivity contribution < 1.29 is 4.79 Å². The van der Waals surface area contributed by atoms with Gasteiger partial charge in [0.05, 0.1) is 0 Å². The number of carbonyl (C=O) groups excluding carboxylic acids is 1. The Labute approximate surface area is 133 Å². The van der Waals surface area contributed by atoms with Crippen LogP contribution in [-0.4, -0.2) is 44.0 Å². The smallest absolute Gasteiger partial charge is 0.221 e. The van der Waals surface area contributed by atoms with Crippen LogP contribution in [-0.2, 0) is 11.3 Å². The summed E-state index contributed by atoms with van der Waals surface area (Å²) in [4.78, 5) is 17.9. The van der Waals surface area contributed by atoms with Crippen molar-refractivity contribution in [2.24, 2.45) is 4.99 Å². The van der Waals surface area contributed by atoms with Crippen molar-refractivity contribution in [3.05, 3.63) is 35.4 Å². The second-order valence-corrected chi connectivity index (χ2v) is 5.42. The molecule has 0 aliphatic rings. The lowest BCUT2D eigenvalue weighted by Gasteiger charge is -2.22. The molecule has 22 heavy (non-hydrogen) atoms. The van der Waals surface area contributed by atoms with E-state index in [1.165, 1.54) is 11.1 Å². The lowest BCUT2D eigenvalue weighted by molar-refractivity contribution is -0.120. The van der Waals surface area contributed by atoms with Crippen LogP contribution in [0, 0.1) is 6.92 Å². The largest absolute Gasteiger partial charge is 0.356 e.